The maximum Gasteiger partial charge on any atom is 0.223 e. The molecule has 6 nitrogen and oxygen atoms in total. The summed E-state index contributed by atoms with van der Waals surface area (Å²) in [6.45, 7) is 4.00. The molecule has 3 rings (SSSR count). The number of piperazine rings is 1. The zero-order chi connectivity index (χ0) is 18.4. The molecule has 2 heterocycles. The van der Waals surface area contributed by atoms with E-state index in [0.717, 1.165) is 55.5 Å². The second kappa shape index (κ2) is 8.76. The van der Waals surface area contributed by atoms with Gasteiger partial charge in [-0.05, 0) is 30.3 Å². The second-order valence-corrected chi connectivity index (χ2v) is 6.41. The minimum Gasteiger partial charge on any atom is -0.497 e. The largest absolute Gasteiger partial charge is 0.497 e. The molecular formula is C20H26N2O4. The molecule has 0 radical (unpaired) electrons. The zero-order valence-corrected chi connectivity index (χ0v) is 15.4. The van der Waals surface area contributed by atoms with Crippen molar-refractivity contribution in [1.82, 2.24) is 9.80 Å². The number of hydrogen-bond acceptors (Lipinski definition) is 5. The molecule has 2 aromatic rings. The lowest BCUT2D eigenvalue weighted by molar-refractivity contribution is -0.133. The summed E-state index contributed by atoms with van der Waals surface area (Å²) in [6, 6.07) is 9.61. The minimum absolute atomic E-state index is 0.194. The maximum absolute atomic E-state index is 12.4. The van der Waals surface area contributed by atoms with Crippen molar-refractivity contribution < 1.29 is 18.7 Å². The molecule has 0 atom stereocenters. The summed E-state index contributed by atoms with van der Waals surface area (Å²) in [5, 5.41) is 0. The topological polar surface area (TPSA) is 55.2 Å². The molecule has 1 aromatic carbocycles. The van der Waals surface area contributed by atoms with Crippen LogP contribution in [0.5, 0.6) is 11.5 Å². The molecule has 0 saturated carbocycles. The van der Waals surface area contributed by atoms with Crippen LogP contribution in [0.25, 0.3) is 0 Å². The summed E-state index contributed by atoms with van der Waals surface area (Å²) >= 11 is 0. The first-order chi connectivity index (χ1) is 12.7. The lowest BCUT2D eigenvalue weighted by Gasteiger charge is -2.35. The van der Waals surface area contributed by atoms with Gasteiger partial charge in [-0.25, -0.2) is 0 Å². The number of methoxy groups -OCH3 is 2. The molecule has 0 aliphatic carbocycles. The molecule has 0 spiro atoms. The normalized spacial score (nSPS) is 15.1. The van der Waals surface area contributed by atoms with Gasteiger partial charge in [0.1, 0.15) is 17.3 Å². The van der Waals surface area contributed by atoms with Crippen LogP contribution in [0.15, 0.2) is 41.0 Å². The van der Waals surface area contributed by atoms with Gasteiger partial charge in [0.2, 0.25) is 5.91 Å². The predicted molar refractivity (Wildman–Crippen MR) is 98.4 cm³/mol. The Morgan fingerprint density at radius 2 is 1.92 bits per heavy atom. The van der Waals surface area contributed by atoms with Gasteiger partial charge in [0.15, 0.2) is 0 Å². The second-order valence-electron chi connectivity index (χ2n) is 6.41. The first kappa shape index (κ1) is 18.3. The highest BCUT2D eigenvalue weighted by molar-refractivity contribution is 5.76. The van der Waals surface area contributed by atoms with E-state index in [0.29, 0.717) is 12.8 Å². The van der Waals surface area contributed by atoms with Gasteiger partial charge in [0.25, 0.3) is 0 Å². The number of ether oxygens (including phenoxy) is 2. The van der Waals surface area contributed by atoms with E-state index in [9.17, 15) is 4.79 Å². The van der Waals surface area contributed by atoms with Gasteiger partial charge in [-0.2, -0.15) is 0 Å². The van der Waals surface area contributed by atoms with Crippen LogP contribution in [0.4, 0.5) is 0 Å². The third-order valence-corrected chi connectivity index (χ3v) is 4.77. The molecule has 1 aromatic heterocycles. The predicted octanol–water partition coefficient (Wildman–Crippen LogP) is 2.57. The van der Waals surface area contributed by atoms with Gasteiger partial charge in [-0.15, -0.1) is 0 Å². The Morgan fingerprint density at radius 1 is 1.12 bits per heavy atom. The monoisotopic (exact) mass is 358 g/mol. The van der Waals surface area contributed by atoms with E-state index in [1.165, 1.54) is 0 Å². The van der Waals surface area contributed by atoms with Crippen LogP contribution in [0.3, 0.4) is 0 Å². The Kier molecular flexibility index (Phi) is 6.17. The molecule has 6 heteroatoms. The molecule has 1 amide bonds. The minimum atomic E-state index is 0.194. The molecule has 140 valence electrons. The third-order valence-electron chi connectivity index (χ3n) is 4.77. The highest BCUT2D eigenvalue weighted by atomic mass is 16.5. The van der Waals surface area contributed by atoms with Crippen LogP contribution in [-0.2, 0) is 17.8 Å². The van der Waals surface area contributed by atoms with Crippen molar-refractivity contribution in [2.24, 2.45) is 0 Å². The molecule has 1 aliphatic heterocycles. The van der Waals surface area contributed by atoms with Gasteiger partial charge >= 0.3 is 0 Å². The fourth-order valence-corrected chi connectivity index (χ4v) is 3.24. The van der Waals surface area contributed by atoms with E-state index in [4.69, 9.17) is 13.9 Å². The van der Waals surface area contributed by atoms with Gasteiger partial charge in [-0.3, -0.25) is 9.69 Å². The van der Waals surface area contributed by atoms with E-state index in [1.54, 1.807) is 20.5 Å². The summed E-state index contributed by atoms with van der Waals surface area (Å²) in [6.07, 6.45) is 2.80. The number of aryl methyl sites for hydroxylation is 1. The number of benzene rings is 1. The van der Waals surface area contributed by atoms with Crippen LogP contribution in [-0.4, -0.2) is 56.1 Å². The molecule has 26 heavy (non-hydrogen) atoms. The zero-order valence-electron chi connectivity index (χ0n) is 15.4. The molecule has 1 fully saturated rings. The lowest BCUT2D eigenvalue weighted by Crippen LogP contribution is -2.48. The Bertz CT molecular complexity index is 707. The number of carbonyl (C=O) groups excluding carboxylic acids is 1. The highest BCUT2D eigenvalue weighted by Crippen LogP contribution is 2.25. The lowest BCUT2D eigenvalue weighted by atomic mass is 10.1. The van der Waals surface area contributed by atoms with Crippen molar-refractivity contribution in [3.8, 4) is 11.5 Å². The quantitative estimate of drug-likeness (QED) is 0.761. The Hall–Kier alpha value is -2.47. The summed E-state index contributed by atoms with van der Waals surface area (Å²) in [4.78, 5) is 16.7. The first-order valence-corrected chi connectivity index (χ1v) is 8.93. The average molecular weight is 358 g/mol. The van der Waals surface area contributed by atoms with Crippen LogP contribution < -0.4 is 9.47 Å². The van der Waals surface area contributed by atoms with Crippen LogP contribution in [0.2, 0.25) is 0 Å². The smallest absolute Gasteiger partial charge is 0.223 e. The van der Waals surface area contributed by atoms with Crippen LogP contribution in [0, 0.1) is 0 Å². The Labute approximate surface area is 154 Å². The van der Waals surface area contributed by atoms with Gasteiger partial charge in [0, 0.05) is 51.1 Å². The van der Waals surface area contributed by atoms with Crippen molar-refractivity contribution in [3.05, 3.63) is 47.9 Å². The number of furan rings is 1. The first-order valence-electron chi connectivity index (χ1n) is 8.93. The van der Waals surface area contributed by atoms with Crippen LogP contribution >= 0.6 is 0 Å². The van der Waals surface area contributed by atoms with E-state index in [2.05, 4.69) is 4.90 Å². The van der Waals surface area contributed by atoms with Crippen molar-refractivity contribution in [2.45, 2.75) is 19.4 Å². The van der Waals surface area contributed by atoms with Crippen molar-refractivity contribution >= 4 is 5.91 Å². The van der Waals surface area contributed by atoms with Crippen molar-refractivity contribution in [1.29, 1.82) is 0 Å². The third kappa shape index (κ3) is 4.58. The molecule has 0 unspecified atom stereocenters. The van der Waals surface area contributed by atoms with Gasteiger partial charge in [-0.1, -0.05) is 0 Å². The Balaban J connectivity index is 1.50. The highest BCUT2D eigenvalue weighted by Gasteiger charge is 2.22. The number of amides is 1. The summed E-state index contributed by atoms with van der Waals surface area (Å²) < 4.78 is 16.1. The van der Waals surface area contributed by atoms with Gasteiger partial charge < -0.3 is 18.8 Å². The number of nitrogens with zero attached hydrogens (tertiary/aromatic N) is 2. The van der Waals surface area contributed by atoms with E-state index in [-0.39, 0.29) is 5.91 Å². The SMILES string of the molecule is COc1ccc(OC)c(CN2CCN(C(=O)CCc3ccco3)CC2)c1. The van der Waals surface area contributed by atoms with E-state index in [1.807, 2.05) is 35.2 Å². The van der Waals surface area contributed by atoms with Gasteiger partial charge in [0.05, 0.1) is 20.5 Å². The molecule has 1 aliphatic rings. The van der Waals surface area contributed by atoms with E-state index < -0.39 is 0 Å². The average Bonchev–Trinajstić information content (AvgIpc) is 3.20. The summed E-state index contributed by atoms with van der Waals surface area (Å²) in [7, 11) is 3.35. The Morgan fingerprint density at radius 3 is 2.58 bits per heavy atom. The number of rotatable bonds is 7. The van der Waals surface area contributed by atoms with Crippen molar-refractivity contribution in [2.75, 3.05) is 40.4 Å². The molecule has 0 N–H and O–H groups in total. The maximum atomic E-state index is 12.4. The number of hydrogen-bond donors (Lipinski definition) is 0. The summed E-state index contributed by atoms with van der Waals surface area (Å²) in [5.41, 5.74) is 1.10. The van der Waals surface area contributed by atoms with Crippen LogP contribution in [0.1, 0.15) is 17.7 Å². The standard InChI is InChI=1S/C20H26N2O4/c1-24-18-5-7-19(25-2)16(14-18)15-21-9-11-22(12-10-21)20(23)8-6-17-4-3-13-26-17/h3-5,7,13-14H,6,8-12,15H2,1-2H3. The van der Waals surface area contributed by atoms with Crippen molar-refractivity contribution in [3.63, 3.8) is 0 Å². The summed E-state index contributed by atoms with van der Waals surface area (Å²) in [5.74, 6) is 2.75. The molecule has 0 bridgehead atoms. The molecule has 1 saturated heterocycles. The molecular weight excluding hydrogens is 332 g/mol. The fraction of sp³-hybridized carbons (Fsp3) is 0.450. The number of carbonyl (C=O) groups is 1. The fourth-order valence-electron chi connectivity index (χ4n) is 3.24. The van der Waals surface area contributed by atoms with E-state index >= 15 is 0 Å².